The highest BCUT2D eigenvalue weighted by molar-refractivity contribution is 9.10. The summed E-state index contributed by atoms with van der Waals surface area (Å²) in [6, 6.07) is 8.67. The quantitative estimate of drug-likeness (QED) is 0.868. The Morgan fingerprint density at radius 3 is 2.67 bits per heavy atom. The maximum Gasteiger partial charge on any atom is 0.0207 e. The molecule has 2 rings (SSSR count). The molecule has 0 radical (unpaired) electrons. The summed E-state index contributed by atoms with van der Waals surface area (Å²) in [5.41, 5.74) is 7.58. The lowest BCUT2D eigenvalue weighted by Crippen LogP contribution is -2.27. The lowest BCUT2D eigenvalue weighted by Gasteiger charge is -2.22. The minimum atomic E-state index is 0.274. The standard InChI is InChI=1S/C15H22BrNS/c16-15-9-5-4-6-12(15)10-13(17)11-18-14-7-2-1-3-8-14/h4-6,9,13-14H,1-3,7-8,10-11,17H2. The van der Waals surface area contributed by atoms with Gasteiger partial charge in [-0.3, -0.25) is 0 Å². The molecule has 1 fully saturated rings. The molecule has 1 aliphatic carbocycles. The third-order valence-electron chi connectivity index (χ3n) is 3.54. The zero-order valence-electron chi connectivity index (χ0n) is 10.8. The van der Waals surface area contributed by atoms with Gasteiger partial charge in [0.25, 0.3) is 0 Å². The van der Waals surface area contributed by atoms with Crippen LogP contribution in [0.2, 0.25) is 0 Å². The summed E-state index contributed by atoms with van der Waals surface area (Å²) in [5, 5.41) is 0.865. The van der Waals surface area contributed by atoms with E-state index in [1.165, 1.54) is 42.1 Å². The monoisotopic (exact) mass is 327 g/mol. The van der Waals surface area contributed by atoms with Gasteiger partial charge in [0.2, 0.25) is 0 Å². The van der Waals surface area contributed by atoms with Crippen LogP contribution in [0, 0.1) is 0 Å². The maximum absolute atomic E-state index is 6.25. The molecule has 0 saturated heterocycles. The number of nitrogens with two attached hydrogens (primary N) is 1. The molecule has 0 heterocycles. The largest absolute Gasteiger partial charge is 0.327 e. The molecule has 0 spiro atoms. The highest BCUT2D eigenvalue weighted by Crippen LogP contribution is 2.29. The van der Waals surface area contributed by atoms with Gasteiger partial charge in [0.05, 0.1) is 0 Å². The average Bonchev–Trinajstić information content (AvgIpc) is 2.40. The predicted octanol–water partition coefficient (Wildman–Crippen LogP) is 4.38. The van der Waals surface area contributed by atoms with Gasteiger partial charge in [0, 0.05) is 21.5 Å². The molecular weight excluding hydrogens is 306 g/mol. The second-order valence-corrected chi connectivity index (χ2v) is 7.34. The number of benzene rings is 1. The van der Waals surface area contributed by atoms with E-state index in [1.807, 2.05) is 0 Å². The van der Waals surface area contributed by atoms with Crippen molar-refractivity contribution in [1.82, 2.24) is 0 Å². The predicted molar refractivity (Wildman–Crippen MR) is 85.2 cm³/mol. The fourth-order valence-electron chi connectivity index (χ4n) is 2.50. The van der Waals surface area contributed by atoms with Crippen LogP contribution in [0.5, 0.6) is 0 Å². The van der Waals surface area contributed by atoms with Gasteiger partial charge in [-0.25, -0.2) is 0 Å². The molecule has 1 atom stereocenters. The van der Waals surface area contributed by atoms with Crippen molar-refractivity contribution in [3.63, 3.8) is 0 Å². The van der Waals surface area contributed by atoms with Crippen LogP contribution >= 0.6 is 27.7 Å². The van der Waals surface area contributed by atoms with Gasteiger partial charge in [0.1, 0.15) is 0 Å². The summed E-state index contributed by atoms with van der Waals surface area (Å²) in [7, 11) is 0. The molecule has 1 saturated carbocycles. The Bertz CT molecular complexity index is 363. The Morgan fingerprint density at radius 1 is 1.22 bits per heavy atom. The number of rotatable bonds is 5. The zero-order chi connectivity index (χ0) is 12.8. The molecule has 1 aliphatic rings. The molecule has 3 heteroatoms. The Hall–Kier alpha value is 0.01000. The van der Waals surface area contributed by atoms with Crippen molar-refractivity contribution in [3.8, 4) is 0 Å². The summed E-state index contributed by atoms with van der Waals surface area (Å²) in [6.07, 6.45) is 8.02. The van der Waals surface area contributed by atoms with Gasteiger partial charge >= 0.3 is 0 Å². The third-order valence-corrected chi connectivity index (χ3v) is 5.88. The van der Waals surface area contributed by atoms with Crippen LogP contribution in [0.25, 0.3) is 0 Å². The Morgan fingerprint density at radius 2 is 1.94 bits per heavy atom. The Balaban J connectivity index is 1.74. The number of thioether (sulfide) groups is 1. The van der Waals surface area contributed by atoms with E-state index >= 15 is 0 Å². The van der Waals surface area contributed by atoms with Crippen LogP contribution in [0.1, 0.15) is 37.7 Å². The van der Waals surface area contributed by atoms with Crippen molar-refractivity contribution in [2.75, 3.05) is 5.75 Å². The second kappa shape index (κ2) is 7.56. The van der Waals surface area contributed by atoms with Gasteiger partial charge in [-0.2, -0.15) is 11.8 Å². The van der Waals surface area contributed by atoms with Crippen molar-refractivity contribution in [3.05, 3.63) is 34.3 Å². The molecule has 100 valence electrons. The molecule has 0 amide bonds. The molecule has 1 aromatic carbocycles. The van der Waals surface area contributed by atoms with Crippen LogP contribution in [0.4, 0.5) is 0 Å². The molecule has 1 aromatic rings. The number of halogens is 1. The van der Waals surface area contributed by atoms with Gasteiger partial charge in [-0.15, -0.1) is 0 Å². The summed E-state index contributed by atoms with van der Waals surface area (Å²) in [6.45, 7) is 0. The summed E-state index contributed by atoms with van der Waals surface area (Å²) >= 11 is 5.68. The van der Waals surface area contributed by atoms with Gasteiger partial charge in [-0.05, 0) is 30.9 Å². The molecule has 2 N–H and O–H groups in total. The van der Waals surface area contributed by atoms with Crippen molar-refractivity contribution in [2.45, 2.75) is 49.8 Å². The molecule has 1 unspecified atom stereocenters. The van der Waals surface area contributed by atoms with Crippen LogP contribution in [-0.2, 0) is 6.42 Å². The van der Waals surface area contributed by atoms with Gasteiger partial charge in [0.15, 0.2) is 0 Å². The van der Waals surface area contributed by atoms with E-state index in [0.717, 1.165) is 17.4 Å². The third kappa shape index (κ3) is 4.60. The van der Waals surface area contributed by atoms with E-state index in [2.05, 4.69) is 52.0 Å². The molecule has 0 aliphatic heterocycles. The highest BCUT2D eigenvalue weighted by Gasteiger charge is 2.15. The fraction of sp³-hybridized carbons (Fsp3) is 0.600. The molecule has 1 nitrogen and oxygen atoms in total. The number of hydrogen-bond acceptors (Lipinski definition) is 2. The minimum absolute atomic E-state index is 0.274. The van der Waals surface area contributed by atoms with Crippen molar-refractivity contribution in [2.24, 2.45) is 5.73 Å². The summed E-state index contributed by atoms with van der Waals surface area (Å²) in [4.78, 5) is 0. The van der Waals surface area contributed by atoms with Crippen LogP contribution < -0.4 is 5.73 Å². The van der Waals surface area contributed by atoms with E-state index in [1.54, 1.807) is 0 Å². The first-order valence-corrected chi connectivity index (χ1v) is 8.70. The first kappa shape index (κ1) is 14.4. The molecular formula is C15H22BrNS. The lowest BCUT2D eigenvalue weighted by molar-refractivity contribution is 0.515. The highest BCUT2D eigenvalue weighted by atomic mass is 79.9. The lowest BCUT2D eigenvalue weighted by atomic mass is 10.0. The van der Waals surface area contributed by atoms with Crippen LogP contribution in [0.3, 0.4) is 0 Å². The minimum Gasteiger partial charge on any atom is -0.327 e. The van der Waals surface area contributed by atoms with E-state index in [4.69, 9.17) is 5.73 Å². The normalized spacial score (nSPS) is 18.8. The molecule has 0 bridgehead atoms. The van der Waals surface area contributed by atoms with Crippen molar-refractivity contribution < 1.29 is 0 Å². The van der Waals surface area contributed by atoms with Crippen LogP contribution in [-0.4, -0.2) is 17.0 Å². The Labute approximate surface area is 123 Å². The van der Waals surface area contributed by atoms with Crippen LogP contribution in [0.15, 0.2) is 28.7 Å². The summed E-state index contributed by atoms with van der Waals surface area (Å²) in [5.74, 6) is 1.09. The second-order valence-electron chi connectivity index (χ2n) is 5.15. The van der Waals surface area contributed by atoms with E-state index in [0.29, 0.717) is 0 Å². The van der Waals surface area contributed by atoms with Gasteiger partial charge < -0.3 is 5.73 Å². The first-order chi connectivity index (χ1) is 8.75. The average molecular weight is 328 g/mol. The smallest absolute Gasteiger partial charge is 0.0207 e. The summed E-state index contributed by atoms with van der Waals surface area (Å²) < 4.78 is 1.18. The molecule has 0 aromatic heterocycles. The van der Waals surface area contributed by atoms with Gasteiger partial charge in [-0.1, -0.05) is 53.4 Å². The van der Waals surface area contributed by atoms with Crippen molar-refractivity contribution in [1.29, 1.82) is 0 Å². The van der Waals surface area contributed by atoms with Crippen molar-refractivity contribution >= 4 is 27.7 Å². The maximum atomic E-state index is 6.25. The van der Waals surface area contributed by atoms with E-state index < -0.39 is 0 Å². The van der Waals surface area contributed by atoms with E-state index in [-0.39, 0.29) is 6.04 Å². The zero-order valence-corrected chi connectivity index (χ0v) is 13.2. The number of hydrogen-bond donors (Lipinski definition) is 1. The SMILES string of the molecule is NC(CSC1CCCCC1)Cc1ccccc1Br. The molecule has 18 heavy (non-hydrogen) atoms. The Kier molecular flexibility index (Phi) is 6.06. The van der Waals surface area contributed by atoms with E-state index in [9.17, 15) is 0 Å². The first-order valence-electron chi connectivity index (χ1n) is 6.86. The topological polar surface area (TPSA) is 26.0 Å². The fourth-order valence-corrected chi connectivity index (χ4v) is 4.25.